The summed E-state index contributed by atoms with van der Waals surface area (Å²) < 4.78 is 52.9. The Morgan fingerprint density at radius 2 is 1.69 bits per heavy atom. The van der Waals surface area contributed by atoms with Gasteiger partial charge in [-0.25, -0.2) is 17.2 Å². The van der Waals surface area contributed by atoms with Crippen LogP contribution in [0.1, 0.15) is 24.8 Å². The molecular formula is C20H22F2N2O3S2. The number of halogens is 2. The van der Waals surface area contributed by atoms with Crippen LogP contribution in [0.15, 0.2) is 52.3 Å². The van der Waals surface area contributed by atoms with Crippen LogP contribution in [0.2, 0.25) is 0 Å². The Bertz CT molecular complexity index is 960. The number of sulfonamides is 1. The van der Waals surface area contributed by atoms with E-state index in [9.17, 15) is 22.0 Å². The zero-order valence-corrected chi connectivity index (χ0v) is 17.4. The molecule has 0 aliphatic carbocycles. The smallest absolute Gasteiger partial charge is 0.243 e. The maximum atomic E-state index is 13.2. The van der Waals surface area contributed by atoms with Crippen LogP contribution in [0.4, 0.5) is 8.78 Å². The Morgan fingerprint density at radius 1 is 1.00 bits per heavy atom. The van der Waals surface area contributed by atoms with Gasteiger partial charge in [0, 0.05) is 24.5 Å². The molecule has 0 spiro atoms. The molecule has 3 rings (SSSR count). The van der Waals surface area contributed by atoms with Gasteiger partial charge >= 0.3 is 0 Å². The number of thioether (sulfide) groups is 1. The van der Waals surface area contributed by atoms with Crippen molar-refractivity contribution in [2.24, 2.45) is 0 Å². The van der Waals surface area contributed by atoms with Crippen molar-refractivity contribution in [3.63, 3.8) is 0 Å². The number of carbonyl (C=O) groups is 1. The van der Waals surface area contributed by atoms with Crippen molar-refractivity contribution in [1.29, 1.82) is 0 Å². The van der Waals surface area contributed by atoms with Crippen molar-refractivity contribution < 1.29 is 22.0 Å². The molecule has 0 bridgehead atoms. The number of nitrogens with one attached hydrogen (secondary N) is 1. The number of piperidine rings is 1. The Hall–Kier alpha value is -1.97. The summed E-state index contributed by atoms with van der Waals surface area (Å²) in [5, 5.41) is 2.73. The summed E-state index contributed by atoms with van der Waals surface area (Å²) in [7, 11) is -3.47. The molecule has 1 aliphatic rings. The Kier molecular flexibility index (Phi) is 7.26. The van der Waals surface area contributed by atoms with E-state index in [0.29, 0.717) is 18.0 Å². The maximum absolute atomic E-state index is 13.2. The van der Waals surface area contributed by atoms with Crippen LogP contribution in [0.3, 0.4) is 0 Å². The molecule has 1 N–H and O–H groups in total. The van der Waals surface area contributed by atoms with Gasteiger partial charge in [-0.2, -0.15) is 4.31 Å². The highest BCUT2D eigenvalue weighted by molar-refractivity contribution is 8.00. The Morgan fingerprint density at radius 3 is 2.34 bits per heavy atom. The van der Waals surface area contributed by atoms with Crippen LogP contribution in [0.5, 0.6) is 0 Å². The number of rotatable bonds is 7. The number of nitrogens with zero attached hydrogens (tertiary/aromatic N) is 1. The largest absolute Gasteiger partial charge is 0.351 e. The molecule has 1 aliphatic heterocycles. The highest BCUT2D eigenvalue weighted by Crippen LogP contribution is 2.22. The standard InChI is InChI=1S/C20H22F2N2O3S2/c21-18-9-6-16(12-19(18)22)28-14-20(25)23-13-15-4-7-17(8-5-15)29(26,27)24-10-2-1-3-11-24/h4-9,12H,1-3,10-11,13-14H2,(H,23,25). The molecule has 1 fully saturated rings. The second-order valence-electron chi connectivity index (χ2n) is 6.75. The molecule has 2 aromatic carbocycles. The quantitative estimate of drug-likeness (QED) is 0.669. The molecule has 156 valence electrons. The lowest BCUT2D eigenvalue weighted by Gasteiger charge is -2.25. The van der Waals surface area contributed by atoms with E-state index in [1.807, 2.05) is 0 Å². The molecule has 0 radical (unpaired) electrons. The van der Waals surface area contributed by atoms with Crippen LogP contribution < -0.4 is 5.32 Å². The van der Waals surface area contributed by atoms with Gasteiger partial charge in [0.2, 0.25) is 15.9 Å². The van der Waals surface area contributed by atoms with Crippen molar-refractivity contribution in [3.8, 4) is 0 Å². The molecule has 0 atom stereocenters. The SMILES string of the molecule is O=C(CSc1ccc(F)c(F)c1)NCc1ccc(S(=O)(=O)N2CCCCC2)cc1. The molecule has 5 nitrogen and oxygen atoms in total. The minimum Gasteiger partial charge on any atom is -0.351 e. The molecule has 0 unspecified atom stereocenters. The highest BCUT2D eigenvalue weighted by Gasteiger charge is 2.25. The molecular weight excluding hydrogens is 418 g/mol. The van der Waals surface area contributed by atoms with E-state index in [0.717, 1.165) is 48.7 Å². The summed E-state index contributed by atoms with van der Waals surface area (Å²) in [6.45, 7) is 1.35. The predicted molar refractivity (Wildman–Crippen MR) is 108 cm³/mol. The fourth-order valence-electron chi connectivity index (χ4n) is 3.00. The van der Waals surface area contributed by atoms with Crippen molar-refractivity contribution >= 4 is 27.7 Å². The third kappa shape index (κ3) is 5.77. The second kappa shape index (κ2) is 9.69. The summed E-state index contributed by atoms with van der Waals surface area (Å²) in [4.78, 5) is 12.7. The molecule has 1 saturated heterocycles. The normalized spacial score (nSPS) is 15.2. The van der Waals surface area contributed by atoms with E-state index in [2.05, 4.69) is 5.32 Å². The first-order valence-corrected chi connectivity index (χ1v) is 11.7. The van der Waals surface area contributed by atoms with Crippen LogP contribution in [-0.4, -0.2) is 37.5 Å². The second-order valence-corrected chi connectivity index (χ2v) is 9.74. The monoisotopic (exact) mass is 440 g/mol. The van der Waals surface area contributed by atoms with Crippen LogP contribution in [0, 0.1) is 11.6 Å². The Labute approximate surface area is 173 Å². The minimum absolute atomic E-state index is 0.0620. The molecule has 9 heteroatoms. The zero-order valence-electron chi connectivity index (χ0n) is 15.7. The maximum Gasteiger partial charge on any atom is 0.243 e. The fourth-order valence-corrected chi connectivity index (χ4v) is 5.27. The first kappa shape index (κ1) is 21.7. The summed E-state index contributed by atoms with van der Waals surface area (Å²) >= 11 is 1.10. The van der Waals surface area contributed by atoms with Gasteiger partial charge in [0.1, 0.15) is 0 Å². The lowest BCUT2D eigenvalue weighted by Crippen LogP contribution is -2.35. The van der Waals surface area contributed by atoms with E-state index in [1.165, 1.54) is 10.4 Å². The fraction of sp³-hybridized carbons (Fsp3) is 0.350. The lowest BCUT2D eigenvalue weighted by atomic mass is 10.2. The van der Waals surface area contributed by atoms with Gasteiger partial charge in [0.25, 0.3) is 0 Å². The topological polar surface area (TPSA) is 66.5 Å². The zero-order chi connectivity index (χ0) is 20.9. The first-order valence-electron chi connectivity index (χ1n) is 9.30. The van der Waals surface area contributed by atoms with Gasteiger partial charge < -0.3 is 5.32 Å². The van der Waals surface area contributed by atoms with E-state index in [1.54, 1.807) is 24.3 Å². The van der Waals surface area contributed by atoms with Crippen LogP contribution in [-0.2, 0) is 21.4 Å². The molecule has 2 aromatic rings. The third-order valence-corrected chi connectivity index (χ3v) is 7.53. The summed E-state index contributed by atoms with van der Waals surface area (Å²) in [6.07, 6.45) is 2.82. The van der Waals surface area contributed by atoms with E-state index < -0.39 is 21.7 Å². The number of amides is 1. The van der Waals surface area contributed by atoms with Crippen LogP contribution >= 0.6 is 11.8 Å². The van der Waals surface area contributed by atoms with Crippen molar-refractivity contribution in [2.75, 3.05) is 18.8 Å². The average Bonchev–Trinajstić information content (AvgIpc) is 2.74. The van der Waals surface area contributed by atoms with Gasteiger partial charge in [-0.3, -0.25) is 4.79 Å². The van der Waals surface area contributed by atoms with Gasteiger partial charge in [0.15, 0.2) is 11.6 Å². The number of hydrogen-bond donors (Lipinski definition) is 1. The predicted octanol–water partition coefficient (Wildman–Crippen LogP) is 3.55. The van der Waals surface area contributed by atoms with Crippen molar-refractivity contribution in [3.05, 3.63) is 59.7 Å². The van der Waals surface area contributed by atoms with E-state index in [4.69, 9.17) is 0 Å². The van der Waals surface area contributed by atoms with E-state index in [-0.39, 0.29) is 23.1 Å². The summed E-state index contributed by atoms with van der Waals surface area (Å²) in [5.41, 5.74) is 0.772. The molecule has 1 amide bonds. The van der Waals surface area contributed by atoms with E-state index >= 15 is 0 Å². The Balaban J connectivity index is 1.50. The van der Waals surface area contributed by atoms with Gasteiger partial charge in [-0.15, -0.1) is 11.8 Å². The number of benzene rings is 2. The third-order valence-electron chi connectivity index (χ3n) is 4.63. The van der Waals surface area contributed by atoms with Crippen LogP contribution in [0.25, 0.3) is 0 Å². The molecule has 29 heavy (non-hydrogen) atoms. The van der Waals surface area contributed by atoms with Gasteiger partial charge in [0.05, 0.1) is 10.6 Å². The minimum atomic E-state index is -3.47. The molecule has 0 aromatic heterocycles. The first-order chi connectivity index (χ1) is 13.9. The number of hydrogen-bond acceptors (Lipinski definition) is 4. The van der Waals surface area contributed by atoms with Crippen molar-refractivity contribution in [2.45, 2.75) is 35.6 Å². The molecule has 0 saturated carbocycles. The van der Waals surface area contributed by atoms with Gasteiger partial charge in [-0.1, -0.05) is 18.6 Å². The lowest BCUT2D eigenvalue weighted by molar-refractivity contribution is -0.118. The average molecular weight is 441 g/mol. The molecule has 1 heterocycles. The van der Waals surface area contributed by atoms with Crippen molar-refractivity contribution in [1.82, 2.24) is 9.62 Å². The van der Waals surface area contributed by atoms with Gasteiger partial charge in [-0.05, 0) is 48.7 Å². The highest BCUT2D eigenvalue weighted by atomic mass is 32.2. The summed E-state index contributed by atoms with van der Waals surface area (Å²) in [6, 6.07) is 9.96. The number of carbonyl (C=O) groups excluding carboxylic acids is 1. The summed E-state index contributed by atoms with van der Waals surface area (Å²) in [5.74, 6) is -2.07.